The van der Waals surface area contributed by atoms with Crippen molar-refractivity contribution < 1.29 is 24.2 Å². The fraction of sp³-hybridized carbons (Fsp3) is 0.267. The van der Waals surface area contributed by atoms with E-state index in [-0.39, 0.29) is 33.6 Å². The lowest BCUT2D eigenvalue weighted by Crippen LogP contribution is -2.11. The highest BCUT2D eigenvalue weighted by atomic mass is 35.5. The normalized spacial score (nSPS) is 11.2. The monoisotopic (exact) mass is 344 g/mol. The van der Waals surface area contributed by atoms with Crippen molar-refractivity contribution in [3.05, 3.63) is 39.4 Å². The standard InChI is InChI=1S/C15H14Cl2O5/c1-3-9(6-8(2)18)15(21)10-4-5-11(14(17)13(10)16)22-7-12(19)20/h3-5H,6-7H2,1-2H3,(H,19,20)/b9-3+. The number of hydrogen-bond donors (Lipinski definition) is 1. The van der Waals surface area contributed by atoms with Crippen molar-refractivity contribution in [2.24, 2.45) is 0 Å². The van der Waals surface area contributed by atoms with E-state index in [4.69, 9.17) is 33.0 Å². The lowest BCUT2D eigenvalue weighted by molar-refractivity contribution is -0.139. The Morgan fingerprint density at radius 2 is 1.86 bits per heavy atom. The molecule has 0 radical (unpaired) electrons. The van der Waals surface area contributed by atoms with Gasteiger partial charge in [0, 0.05) is 17.6 Å². The summed E-state index contributed by atoms with van der Waals surface area (Å²) in [5, 5.41) is 8.48. The Morgan fingerprint density at radius 1 is 1.23 bits per heavy atom. The summed E-state index contributed by atoms with van der Waals surface area (Å²) < 4.78 is 4.97. The Balaban J connectivity index is 3.11. The molecule has 0 bridgehead atoms. The summed E-state index contributed by atoms with van der Waals surface area (Å²) in [7, 11) is 0. The van der Waals surface area contributed by atoms with Gasteiger partial charge in [-0.05, 0) is 26.0 Å². The number of rotatable bonds is 7. The second-order valence-corrected chi connectivity index (χ2v) is 5.20. The fourth-order valence-electron chi connectivity index (χ4n) is 1.71. The van der Waals surface area contributed by atoms with Gasteiger partial charge >= 0.3 is 5.97 Å². The van der Waals surface area contributed by atoms with Gasteiger partial charge in [0.1, 0.15) is 16.6 Å². The molecule has 22 heavy (non-hydrogen) atoms. The highest BCUT2D eigenvalue weighted by Crippen LogP contribution is 2.35. The predicted molar refractivity (Wildman–Crippen MR) is 83.0 cm³/mol. The number of halogens is 2. The van der Waals surface area contributed by atoms with Gasteiger partial charge in [0.15, 0.2) is 12.4 Å². The first-order valence-corrected chi connectivity index (χ1v) is 7.05. The summed E-state index contributed by atoms with van der Waals surface area (Å²) in [4.78, 5) is 34.0. The molecule has 0 fully saturated rings. The first-order chi connectivity index (χ1) is 10.3. The number of carbonyl (C=O) groups is 3. The minimum absolute atomic E-state index is 0.000543. The molecule has 0 spiro atoms. The van der Waals surface area contributed by atoms with Crippen molar-refractivity contribution >= 4 is 40.7 Å². The summed E-state index contributed by atoms with van der Waals surface area (Å²) in [6.45, 7) is 2.46. The Labute approximate surface area is 137 Å². The zero-order chi connectivity index (χ0) is 16.9. The number of carboxylic acids is 1. The molecule has 118 valence electrons. The molecule has 0 aliphatic heterocycles. The van der Waals surface area contributed by atoms with Gasteiger partial charge in [-0.25, -0.2) is 4.79 Å². The predicted octanol–water partition coefficient (Wildman–Crippen LogP) is 3.56. The molecule has 0 heterocycles. The maximum Gasteiger partial charge on any atom is 0.341 e. The number of ether oxygens (including phenoxy) is 1. The van der Waals surface area contributed by atoms with Gasteiger partial charge in [-0.2, -0.15) is 0 Å². The molecule has 0 aliphatic carbocycles. The first-order valence-electron chi connectivity index (χ1n) is 6.29. The number of carboxylic acid groups (broad SMARTS) is 1. The maximum atomic E-state index is 12.4. The summed E-state index contributed by atoms with van der Waals surface area (Å²) in [5.74, 6) is -1.65. The van der Waals surface area contributed by atoms with Crippen LogP contribution in [0.1, 0.15) is 30.6 Å². The van der Waals surface area contributed by atoms with E-state index in [2.05, 4.69) is 0 Å². The molecular formula is C15H14Cl2O5. The average Bonchev–Trinajstić information content (AvgIpc) is 2.45. The van der Waals surface area contributed by atoms with E-state index in [1.807, 2.05) is 0 Å². The van der Waals surface area contributed by atoms with Crippen LogP contribution in [0.25, 0.3) is 0 Å². The molecule has 1 aromatic carbocycles. The minimum atomic E-state index is -1.16. The number of ketones is 2. The summed E-state index contributed by atoms with van der Waals surface area (Å²) in [6.07, 6.45) is 1.54. The number of carbonyl (C=O) groups excluding carboxylic acids is 2. The topological polar surface area (TPSA) is 80.7 Å². The van der Waals surface area contributed by atoms with E-state index in [1.54, 1.807) is 13.0 Å². The second-order valence-electron chi connectivity index (χ2n) is 4.44. The van der Waals surface area contributed by atoms with Crippen LogP contribution in [0.4, 0.5) is 0 Å². The van der Waals surface area contributed by atoms with Gasteiger partial charge in [0.2, 0.25) is 0 Å². The zero-order valence-electron chi connectivity index (χ0n) is 12.0. The van der Waals surface area contributed by atoms with E-state index >= 15 is 0 Å². The number of allylic oxidation sites excluding steroid dienone is 2. The largest absolute Gasteiger partial charge is 0.480 e. The molecule has 7 heteroatoms. The van der Waals surface area contributed by atoms with Gasteiger partial charge in [0.25, 0.3) is 0 Å². The highest BCUT2D eigenvalue weighted by molar-refractivity contribution is 6.45. The van der Waals surface area contributed by atoms with Crippen LogP contribution < -0.4 is 4.74 Å². The zero-order valence-corrected chi connectivity index (χ0v) is 13.5. The summed E-state index contributed by atoms with van der Waals surface area (Å²) in [5.41, 5.74) is 0.438. The van der Waals surface area contributed by atoms with Crippen molar-refractivity contribution in [3.8, 4) is 5.75 Å². The van der Waals surface area contributed by atoms with Gasteiger partial charge in [-0.1, -0.05) is 29.3 Å². The van der Waals surface area contributed by atoms with Crippen LogP contribution in [-0.2, 0) is 9.59 Å². The van der Waals surface area contributed by atoms with Crippen LogP contribution in [0.2, 0.25) is 10.0 Å². The quantitative estimate of drug-likeness (QED) is 0.604. The third-order valence-corrected chi connectivity index (χ3v) is 3.59. The summed E-state index contributed by atoms with van der Waals surface area (Å²) in [6, 6.07) is 2.75. The van der Waals surface area contributed by atoms with Crippen LogP contribution in [0.5, 0.6) is 5.75 Å². The van der Waals surface area contributed by atoms with E-state index < -0.39 is 18.4 Å². The van der Waals surface area contributed by atoms with E-state index in [9.17, 15) is 14.4 Å². The van der Waals surface area contributed by atoms with Gasteiger partial charge < -0.3 is 9.84 Å². The third-order valence-electron chi connectivity index (χ3n) is 2.72. The molecule has 5 nitrogen and oxygen atoms in total. The van der Waals surface area contributed by atoms with Gasteiger partial charge in [-0.3, -0.25) is 9.59 Å². The lowest BCUT2D eigenvalue weighted by atomic mass is 9.99. The molecule has 0 aromatic heterocycles. The molecule has 1 rings (SSSR count). The smallest absolute Gasteiger partial charge is 0.341 e. The highest BCUT2D eigenvalue weighted by Gasteiger charge is 2.20. The van der Waals surface area contributed by atoms with E-state index in [0.29, 0.717) is 5.57 Å². The van der Waals surface area contributed by atoms with Crippen molar-refractivity contribution in [3.63, 3.8) is 0 Å². The minimum Gasteiger partial charge on any atom is -0.480 e. The van der Waals surface area contributed by atoms with Crippen LogP contribution in [0, 0.1) is 0 Å². The molecule has 0 unspecified atom stereocenters. The fourth-order valence-corrected chi connectivity index (χ4v) is 2.17. The van der Waals surface area contributed by atoms with Crippen LogP contribution in [-0.4, -0.2) is 29.2 Å². The molecule has 1 aromatic rings. The molecule has 0 amide bonds. The molecule has 1 N–H and O–H groups in total. The summed E-state index contributed by atoms with van der Waals surface area (Å²) >= 11 is 12.0. The van der Waals surface area contributed by atoms with Crippen molar-refractivity contribution in [1.82, 2.24) is 0 Å². The Morgan fingerprint density at radius 3 is 2.36 bits per heavy atom. The second kappa shape index (κ2) is 7.96. The maximum absolute atomic E-state index is 12.4. The first kappa shape index (κ1) is 18.2. The SMILES string of the molecule is C/C=C(\CC(C)=O)C(=O)c1ccc(OCC(=O)O)c(Cl)c1Cl. The van der Waals surface area contributed by atoms with Crippen molar-refractivity contribution in [2.45, 2.75) is 20.3 Å². The number of benzene rings is 1. The van der Waals surface area contributed by atoms with Crippen LogP contribution in [0.3, 0.4) is 0 Å². The Hall–Kier alpha value is -1.85. The van der Waals surface area contributed by atoms with Gasteiger partial charge in [0.05, 0.1) is 5.02 Å². The lowest BCUT2D eigenvalue weighted by Gasteiger charge is -2.11. The van der Waals surface area contributed by atoms with Crippen LogP contribution >= 0.6 is 23.2 Å². The molecule has 0 aliphatic rings. The van der Waals surface area contributed by atoms with Gasteiger partial charge in [-0.15, -0.1) is 0 Å². The molecule has 0 saturated carbocycles. The number of hydrogen-bond acceptors (Lipinski definition) is 4. The molecular weight excluding hydrogens is 331 g/mol. The van der Waals surface area contributed by atoms with E-state index in [0.717, 1.165) is 0 Å². The number of aliphatic carboxylic acids is 1. The van der Waals surface area contributed by atoms with Crippen LogP contribution in [0.15, 0.2) is 23.8 Å². The molecule has 0 saturated heterocycles. The number of Topliss-reactive ketones (excluding diaryl/α,β-unsaturated/α-hetero) is 2. The Bertz CT molecular complexity index is 650. The van der Waals surface area contributed by atoms with E-state index in [1.165, 1.54) is 19.1 Å². The third kappa shape index (κ3) is 4.58. The Kier molecular flexibility index (Phi) is 6.59. The average molecular weight is 345 g/mol. The molecule has 0 atom stereocenters. The van der Waals surface area contributed by atoms with Crippen molar-refractivity contribution in [1.29, 1.82) is 0 Å². The van der Waals surface area contributed by atoms with Crippen molar-refractivity contribution in [2.75, 3.05) is 6.61 Å².